The van der Waals surface area contributed by atoms with E-state index in [0.29, 0.717) is 10.7 Å². The third-order valence-corrected chi connectivity index (χ3v) is 2.70. The molecule has 0 aromatic carbocycles. The molecule has 1 aromatic rings. The molecule has 0 aliphatic carbocycles. The van der Waals surface area contributed by atoms with Crippen LogP contribution in [0.4, 0.5) is 0 Å². The zero-order valence-corrected chi connectivity index (χ0v) is 10.5. The lowest BCUT2D eigenvalue weighted by Crippen LogP contribution is -2.55. The number of aromatic nitrogens is 1. The zero-order valence-electron chi connectivity index (χ0n) is 9.71. The van der Waals surface area contributed by atoms with Crippen LogP contribution in [0.2, 0.25) is 5.02 Å². The summed E-state index contributed by atoms with van der Waals surface area (Å²) in [5.41, 5.74) is 11.8. The normalized spacial score (nSPS) is 22.2. The zero-order chi connectivity index (χ0) is 14.0. The van der Waals surface area contributed by atoms with Crippen molar-refractivity contribution in [3.05, 3.63) is 51.1 Å². The third-order valence-electron chi connectivity index (χ3n) is 2.48. The van der Waals surface area contributed by atoms with Crippen molar-refractivity contribution in [3.63, 3.8) is 0 Å². The van der Waals surface area contributed by atoms with Gasteiger partial charge in [0, 0.05) is 18.3 Å². The predicted octanol–water partition coefficient (Wildman–Crippen LogP) is -0.0315. The van der Waals surface area contributed by atoms with Gasteiger partial charge in [-0.2, -0.15) is 0 Å². The standard InChI is InChI=1S/C10H11ClN6O2/c11-6-1-2-7(14-4-6)3-10(13)15-5-8(17(18)19)9(12)16-10/h1-2,4-5,15H,3,13H2,(H2,12,16). The summed E-state index contributed by atoms with van der Waals surface area (Å²) >= 11 is 5.72. The molecule has 8 nitrogen and oxygen atoms in total. The molecule has 1 unspecified atom stereocenters. The minimum Gasteiger partial charge on any atom is -0.378 e. The average Bonchev–Trinajstić information content (AvgIpc) is 2.31. The second-order valence-corrected chi connectivity index (χ2v) is 4.43. The van der Waals surface area contributed by atoms with E-state index < -0.39 is 10.7 Å². The quantitative estimate of drug-likeness (QED) is 0.527. The van der Waals surface area contributed by atoms with Gasteiger partial charge < -0.3 is 11.1 Å². The summed E-state index contributed by atoms with van der Waals surface area (Å²) in [5, 5.41) is 13.8. The summed E-state index contributed by atoms with van der Waals surface area (Å²) in [6.07, 6.45) is 2.83. The van der Waals surface area contributed by atoms with Crippen molar-refractivity contribution in [2.45, 2.75) is 12.2 Å². The van der Waals surface area contributed by atoms with Crippen molar-refractivity contribution in [1.29, 1.82) is 0 Å². The highest BCUT2D eigenvalue weighted by Crippen LogP contribution is 2.15. The van der Waals surface area contributed by atoms with E-state index in [-0.39, 0.29) is 18.0 Å². The minimum atomic E-state index is -1.26. The smallest absolute Gasteiger partial charge is 0.326 e. The Kier molecular flexibility index (Phi) is 3.36. The van der Waals surface area contributed by atoms with Gasteiger partial charge in [-0.3, -0.25) is 20.8 Å². The molecule has 9 heteroatoms. The molecule has 0 fully saturated rings. The second-order valence-electron chi connectivity index (χ2n) is 4.00. The Morgan fingerprint density at radius 2 is 2.26 bits per heavy atom. The fraction of sp³-hybridized carbons (Fsp3) is 0.200. The van der Waals surface area contributed by atoms with Gasteiger partial charge in [0.1, 0.15) is 0 Å². The summed E-state index contributed by atoms with van der Waals surface area (Å²) in [7, 11) is 0. The van der Waals surface area contributed by atoms with Gasteiger partial charge in [0.05, 0.1) is 16.1 Å². The van der Waals surface area contributed by atoms with Crippen LogP contribution in [0.1, 0.15) is 5.69 Å². The van der Waals surface area contributed by atoms with Gasteiger partial charge in [0.15, 0.2) is 5.79 Å². The van der Waals surface area contributed by atoms with Crippen LogP contribution in [-0.2, 0) is 6.42 Å². The summed E-state index contributed by atoms with van der Waals surface area (Å²) in [6, 6.07) is 3.36. The van der Waals surface area contributed by atoms with Gasteiger partial charge in [-0.05, 0) is 12.1 Å². The van der Waals surface area contributed by atoms with E-state index in [0.717, 1.165) is 6.20 Å². The molecule has 0 saturated heterocycles. The van der Waals surface area contributed by atoms with Crippen LogP contribution < -0.4 is 16.8 Å². The number of halogens is 1. The van der Waals surface area contributed by atoms with Crippen molar-refractivity contribution in [1.82, 2.24) is 10.3 Å². The van der Waals surface area contributed by atoms with E-state index in [1.54, 1.807) is 12.1 Å². The van der Waals surface area contributed by atoms with Crippen LogP contribution in [0.25, 0.3) is 0 Å². The Bertz CT molecular complexity index is 570. The van der Waals surface area contributed by atoms with Crippen LogP contribution in [0.15, 0.2) is 35.2 Å². The molecule has 0 spiro atoms. The lowest BCUT2D eigenvalue weighted by atomic mass is 10.1. The minimum absolute atomic E-state index is 0.215. The number of hydrogen-bond acceptors (Lipinski definition) is 7. The number of nitro groups is 1. The molecular formula is C10H11ClN6O2. The van der Waals surface area contributed by atoms with Gasteiger partial charge in [0.25, 0.3) is 0 Å². The largest absolute Gasteiger partial charge is 0.378 e. The molecule has 0 bridgehead atoms. The SMILES string of the molecule is NC1=NC(N)(Cc2ccc(Cl)cn2)NC=C1[N+](=O)[O-]. The first-order valence-corrected chi connectivity index (χ1v) is 5.65. The molecule has 2 rings (SSSR count). The number of aliphatic imine (C=N–C) groups is 1. The average molecular weight is 283 g/mol. The van der Waals surface area contributed by atoms with Crippen molar-refractivity contribution in [3.8, 4) is 0 Å². The van der Waals surface area contributed by atoms with Crippen molar-refractivity contribution < 1.29 is 4.92 Å². The van der Waals surface area contributed by atoms with E-state index in [9.17, 15) is 10.1 Å². The number of nitrogens with two attached hydrogens (primary N) is 2. The van der Waals surface area contributed by atoms with Gasteiger partial charge in [-0.15, -0.1) is 0 Å². The Morgan fingerprint density at radius 1 is 1.53 bits per heavy atom. The van der Waals surface area contributed by atoms with Gasteiger partial charge >= 0.3 is 5.70 Å². The Morgan fingerprint density at radius 3 is 2.79 bits per heavy atom. The molecule has 1 aliphatic heterocycles. The Labute approximate surface area is 113 Å². The first-order valence-electron chi connectivity index (χ1n) is 5.27. The number of amidine groups is 1. The first kappa shape index (κ1) is 13.2. The van der Waals surface area contributed by atoms with E-state index in [4.69, 9.17) is 23.1 Å². The molecule has 19 heavy (non-hydrogen) atoms. The molecule has 0 radical (unpaired) electrons. The fourth-order valence-electron chi connectivity index (χ4n) is 1.60. The van der Waals surface area contributed by atoms with E-state index in [1.165, 1.54) is 6.20 Å². The molecule has 5 N–H and O–H groups in total. The lowest BCUT2D eigenvalue weighted by Gasteiger charge is -2.27. The highest BCUT2D eigenvalue weighted by atomic mass is 35.5. The number of nitrogens with zero attached hydrogens (tertiary/aromatic N) is 3. The fourth-order valence-corrected chi connectivity index (χ4v) is 1.71. The summed E-state index contributed by atoms with van der Waals surface area (Å²) < 4.78 is 0. The molecule has 100 valence electrons. The summed E-state index contributed by atoms with van der Waals surface area (Å²) in [6.45, 7) is 0. The number of hydrogen-bond donors (Lipinski definition) is 3. The molecule has 1 atom stereocenters. The maximum absolute atomic E-state index is 10.6. The summed E-state index contributed by atoms with van der Waals surface area (Å²) in [5.74, 6) is -1.48. The van der Waals surface area contributed by atoms with Crippen LogP contribution in [0.3, 0.4) is 0 Å². The first-order chi connectivity index (χ1) is 8.89. The predicted molar refractivity (Wildman–Crippen MR) is 69.7 cm³/mol. The number of rotatable bonds is 3. The van der Waals surface area contributed by atoms with Crippen molar-refractivity contribution in [2.75, 3.05) is 0 Å². The van der Waals surface area contributed by atoms with Crippen molar-refractivity contribution in [2.24, 2.45) is 16.5 Å². The van der Waals surface area contributed by atoms with Gasteiger partial charge in [0.2, 0.25) is 5.84 Å². The van der Waals surface area contributed by atoms with Gasteiger partial charge in [-0.1, -0.05) is 11.6 Å². The monoisotopic (exact) mass is 282 g/mol. The van der Waals surface area contributed by atoms with E-state index in [2.05, 4.69) is 15.3 Å². The lowest BCUT2D eigenvalue weighted by molar-refractivity contribution is -0.416. The van der Waals surface area contributed by atoms with Crippen LogP contribution in [0, 0.1) is 10.1 Å². The molecule has 1 aliphatic rings. The van der Waals surface area contributed by atoms with E-state index >= 15 is 0 Å². The molecule has 0 saturated carbocycles. The van der Waals surface area contributed by atoms with Gasteiger partial charge in [-0.25, -0.2) is 4.99 Å². The molecular weight excluding hydrogens is 272 g/mol. The number of nitrogens with one attached hydrogen (secondary N) is 1. The van der Waals surface area contributed by atoms with E-state index in [1.807, 2.05) is 0 Å². The van der Waals surface area contributed by atoms with Crippen LogP contribution in [0.5, 0.6) is 0 Å². The molecule has 0 amide bonds. The third kappa shape index (κ3) is 2.98. The maximum Gasteiger partial charge on any atom is 0.326 e. The van der Waals surface area contributed by atoms with Crippen molar-refractivity contribution >= 4 is 17.4 Å². The number of pyridine rings is 1. The summed E-state index contributed by atoms with van der Waals surface area (Å²) in [4.78, 5) is 18.0. The topological polar surface area (TPSA) is 132 Å². The second kappa shape index (κ2) is 4.82. The van der Waals surface area contributed by atoms with Crippen LogP contribution >= 0.6 is 11.6 Å². The molecule has 1 aromatic heterocycles. The maximum atomic E-state index is 10.6. The highest BCUT2D eigenvalue weighted by molar-refractivity contribution is 6.30. The Balaban J connectivity index is 2.18. The van der Waals surface area contributed by atoms with Crippen LogP contribution in [-0.4, -0.2) is 21.5 Å². The highest BCUT2D eigenvalue weighted by Gasteiger charge is 2.32. The Hall–Kier alpha value is -2.19. The molecule has 2 heterocycles.